The van der Waals surface area contributed by atoms with Crippen molar-refractivity contribution in [3.05, 3.63) is 35.0 Å². The number of fused-ring (bicyclic) bond motifs is 3. The van der Waals surface area contributed by atoms with Gasteiger partial charge in [-0.2, -0.15) is 0 Å². The fourth-order valence-corrected chi connectivity index (χ4v) is 2.66. The van der Waals surface area contributed by atoms with Gasteiger partial charge in [-0.25, -0.2) is 0 Å². The summed E-state index contributed by atoms with van der Waals surface area (Å²) >= 11 is 0. The summed E-state index contributed by atoms with van der Waals surface area (Å²) in [5.41, 5.74) is 3.48. The Morgan fingerprint density at radius 1 is 1.39 bits per heavy atom. The second-order valence-corrected chi connectivity index (χ2v) is 4.89. The van der Waals surface area contributed by atoms with Gasteiger partial charge in [-0.05, 0) is 18.6 Å². The van der Waals surface area contributed by atoms with Crippen LogP contribution in [0, 0.1) is 12.8 Å². The van der Waals surface area contributed by atoms with Gasteiger partial charge >= 0.3 is 5.97 Å². The topological polar surface area (TPSA) is 70.2 Å². The van der Waals surface area contributed by atoms with Crippen LogP contribution in [0.2, 0.25) is 0 Å². The maximum absolute atomic E-state index is 12.1. The largest absolute Gasteiger partial charge is 0.481 e. The predicted molar refractivity (Wildman–Crippen MR) is 66.8 cm³/mol. The SMILES string of the molecule is Cc1ccc2c3c([nH]c2c1)CC(C(=O)O)CC3=O. The molecule has 18 heavy (non-hydrogen) atoms. The molecule has 2 aromatic rings. The number of carbonyl (C=O) groups excluding carboxylic acids is 1. The number of H-pyrrole nitrogens is 1. The zero-order valence-electron chi connectivity index (χ0n) is 9.99. The minimum Gasteiger partial charge on any atom is -0.481 e. The number of aliphatic carboxylic acids is 1. The van der Waals surface area contributed by atoms with Crippen molar-refractivity contribution in [3.63, 3.8) is 0 Å². The van der Waals surface area contributed by atoms with Gasteiger partial charge in [0, 0.05) is 35.0 Å². The number of hydrogen-bond acceptors (Lipinski definition) is 2. The van der Waals surface area contributed by atoms with E-state index in [1.165, 1.54) is 0 Å². The molecular formula is C14H13NO3. The molecule has 1 aromatic carbocycles. The van der Waals surface area contributed by atoms with Crippen LogP contribution in [0.3, 0.4) is 0 Å². The molecule has 0 spiro atoms. The van der Waals surface area contributed by atoms with E-state index in [1.807, 2.05) is 25.1 Å². The second kappa shape index (κ2) is 3.70. The highest BCUT2D eigenvalue weighted by atomic mass is 16.4. The number of aromatic nitrogens is 1. The molecule has 0 fully saturated rings. The summed E-state index contributed by atoms with van der Waals surface area (Å²) in [6.45, 7) is 1.99. The lowest BCUT2D eigenvalue weighted by molar-refractivity contribution is -0.141. The van der Waals surface area contributed by atoms with Crippen molar-refractivity contribution < 1.29 is 14.7 Å². The minimum atomic E-state index is -0.899. The molecule has 4 nitrogen and oxygen atoms in total. The molecule has 0 aliphatic heterocycles. The lowest BCUT2D eigenvalue weighted by Crippen LogP contribution is -2.25. The number of carboxylic acids is 1. The molecule has 0 saturated carbocycles. The molecule has 2 N–H and O–H groups in total. The lowest BCUT2D eigenvalue weighted by Gasteiger charge is -2.17. The fourth-order valence-electron chi connectivity index (χ4n) is 2.66. The molecule has 4 heteroatoms. The summed E-state index contributed by atoms with van der Waals surface area (Å²) < 4.78 is 0. The first kappa shape index (κ1) is 11.0. The van der Waals surface area contributed by atoms with Crippen LogP contribution in [0.15, 0.2) is 18.2 Å². The first-order chi connectivity index (χ1) is 8.56. The van der Waals surface area contributed by atoms with E-state index in [-0.39, 0.29) is 12.2 Å². The van der Waals surface area contributed by atoms with E-state index in [1.54, 1.807) is 0 Å². The van der Waals surface area contributed by atoms with Gasteiger partial charge in [-0.3, -0.25) is 9.59 Å². The molecule has 1 heterocycles. The predicted octanol–water partition coefficient (Wildman–Crippen LogP) is 2.31. The van der Waals surface area contributed by atoms with Crippen molar-refractivity contribution in [2.75, 3.05) is 0 Å². The molecule has 0 radical (unpaired) electrons. The molecule has 1 unspecified atom stereocenters. The zero-order chi connectivity index (χ0) is 12.9. The van der Waals surface area contributed by atoms with Crippen molar-refractivity contribution in [1.82, 2.24) is 4.98 Å². The van der Waals surface area contributed by atoms with Crippen molar-refractivity contribution in [2.45, 2.75) is 19.8 Å². The molecule has 1 aliphatic rings. The summed E-state index contributed by atoms with van der Waals surface area (Å²) in [6.07, 6.45) is 0.507. The number of hydrogen-bond donors (Lipinski definition) is 2. The Morgan fingerprint density at radius 2 is 2.17 bits per heavy atom. The summed E-state index contributed by atoms with van der Waals surface area (Å²) in [5.74, 6) is -1.57. The van der Waals surface area contributed by atoms with Gasteiger partial charge in [0.25, 0.3) is 0 Å². The average Bonchev–Trinajstić information content (AvgIpc) is 2.66. The summed E-state index contributed by atoms with van der Waals surface area (Å²) in [7, 11) is 0. The van der Waals surface area contributed by atoms with Crippen LogP contribution in [0.25, 0.3) is 10.9 Å². The van der Waals surface area contributed by atoms with Crippen molar-refractivity contribution >= 4 is 22.7 Å². The number of benzene rings is 1. The van der Waals surface area contributed by atoms with E-state index in [2.05, 4.69) is 4.98 Å². The Labute approximate surface area is 104 Å². The van der Waals surface area contributed by atoms with Gasteiger partial charge in [-0.1, -0.05) is 12.1 Å². The number of carboxylic acid groups (broad SMARTS) is 1. The fraction of sp³-hybridized carbons (Fsp3) is 0.286. The number of aryl methyl sites for hydroxylation is 1. The van der Waals surface area contributed by atoms with E-state index < -0.39 is 11.9 Å². The first-order valence-corrected chi connectivity index (χ1v) is 5.93. The minimum absolute atomic E-state index is 0.0706. The Balaban J connectivity index is 2.19. The normalized spacial score (nSPS) is 18.9. The highest BCUT2D eigenvalue weighted by Crippen LogP contribution is 2.32. The number of carbonyl (C=O) groups is 2. The van der Waals surface area contributed by atoms with Crippen LogP contribution in [-0.4, -0.2) is 21.8 Å². The van der Waals surface area contributed by atoms with E-state index in [0.717, 1.165) is 22.2 Å². The van der Waals surface area contributed by atoms with E-state index in [9.17, 15) is 9.59 Å². The van der Waals surface area contributed by atoms with Crippen LogP contribution in [0.4, 0.5) is 0 Å². The molecule has 0 amide bonds. The molecule has 1 aliphatic carbocycles. The summed E-state index contributed by atoms with van der Waals surface area (Å²) in [5, 5.41) is 9.94. The van der Waals surface area contributed by atoms with Crippen LogP contribution in [-0.2, 0) is 11.2 Å². The quantitative estimate of drug-likeness (QED) is 0.807. The highest BCUT2D eigenvalue weighted by Gasteiger charge is 2.32. The van der Waals surface area contributed by atoms with Gasteiger partial charge in [0.1, 0.15) is 0 Å². The van der Waals surface area contributed by atoms with E-state index in [0.29, 0.717) is 12.0 Å². The van der Waals surface area contributed by atoms with Gasteiger partial charge in [0.05, 0.1) is 5.92 Å². The molecule has 92 valence electrons. The average molecular weight is 243 g/mol. The van der Waals surface area contributed by atoms with Crippen molar-refractivity contribution in [3.8, 4) is 0 Å². The summed E-state index contributed by atoms with van der Waals surface area (Å²) in [4.78, 5) is 26.3. The Hall–Kier alpha value is -2.10. The van der Waals surface area contributed by atoms with Crippen LogP contribution >= 0.6 is 0 Å². The van der Waals surface area contributed by atoms with Gasteiger partial charge in [-0.15, -0.1) is 0 Å². The standard InChI is InChI=1S/C14H13NO3/c1-7-2-3-9-10(4-7)15-11-5-8(14(17)18)6-12(16)13(9)11/h2-4,8,15H,5-6H2,1H3,(H,17,18). The number of ketones is 1. The van der Waals surface area contributed by atoms with Crippen LogP contribution in [0.1, 0.15) is 28.0 Å². The number of rotatable bonds is 1. The molecular weight excluding hydrogens is 230 g/mol. The molecule has 1 atom stereocenters. The molecule has 0 saturated heterocycles. The Morgan fingerprint density at radius 3 is 2.89 bits per heavy atom. The number of Topliss-reactive ketones (excluding diaryl/α,β-unsaturated/α-hetero) is 1. The molecule has 0 bridgehead atoms. The smallest absolute Gasteiger partial charge is 0.307 e. The van der Waals surface area contributed by atoms with Gasteiger partial charge < -0.3 is 10.1 Å². The molecule has 1 aromatic heterocycles. The van der Waals surface area contributed by atoms with E-state index >= 15 is 0 Å². The zero-order valence-corrected chi connectivity index (χ0v) is 9.99. The monoisotopic (exact) mass is 243 g/mol. The van der Waals surface area contributed by atoms with Crippen molar-refractivity contribution in [2.24, 2.45) is 5.92 Å². The van der Waals surface area contributed by atoms with E-state index in [4.69, 9.17) is 5.11 Å². The van der Waals surface area contributed by atoms with Gasteiger partial charge in [0.15, 0.2) is 5.78 Å². The lowest BCUT2D eigenvalue weighted by atomic mass is 9.86. The number of nitrogens with one attached hydrogen (secondary N) is 1. The Bertz CT molecular complexity index is 669. The van der Waals surface area contributed by atoms with Crippen LogP contribution < -0.4 is 0 Å². The third-order valence-electron chi connectivity index (χ3n) is 3.54. The number of aromatic amines is 1. The first-order valence-electron chi connectivity index (χ1n) is 5.93. The third kappa shape index (κ3) is 1.53. The Kier molecular flexibility index (Phi) is 2.26. The third-order valence-corrected chi connectivity index (χ3v) is 3.54. The maximum atomic E-state index is 12.1. The highest BCUT2D eigenvalue weighted by molar-refractivity contribution is 6.11. The van der Waals surface area contributed by atoms with Crippen LogP contribution in [0.5, 0.6) is 0 Å². The second-order valence-electron chi connectivity index (χ2n) is 4.89. The molecule has 3 rings (SSSR count). The summed E-state index contributed by atoms with van der Waals surface area (Å²) in [6, 6.07) is 5.88. The van der Waals surface area contributed by atoms with Gasteiger partial charge in [0.2, 0.25) is 0 Å². The maximum Gasteiger partial charge on any atom is 0.307 e. The van der Waals surface area contributed by atoms with Crippen molar-refractivity contribution in [1.29, 1.82) is 0 Å².